The van der Waals surface area contributed by atoms with Gasteiger partial charge in [0.2, 0.25) is 6.10 Å². The number of hydrogen-bond donors (Lipinski definition) is 1. The van der Waals surface area contributed by atoms with Crippen LogP contribution in [0.15, 0.2) is 18.5 Å². The van der Waals surface area contributed by atoms with E-state index in [1.54, 1.807) is 0 Å². The molecule has 5 nitrogen and oxygen atoms in total. The molecule has 0 aromatic carbocycles. The number of amides is 1. The maximum Gasteiger partial charge on any atom is 0.406 e. The Morgan fingerprint density at radius 2 is 2.35 bits per heavy atom. The van der Waals surface area contributed by atoms with Gasteiger partial charge in [0, 0.05) is 11.8 Å². The predicted molar refractivity (Wildman–Crippen MR) is 72.6 cm³/mol. The maximum atomic E-state index is 13.1. The zero-order valence-electron chi connectivity index (χ0n) is 9.84. The minimum absolute atomic E-state index is 0.0680. The molecule has 1 amide bonds. The van der Waals surface area contributed by atoms with E-state index >= 15 is 0 Å². The van der Waals surface area contributed by atoms with Crippen molar-refractivity contribution in [3.8, 4) is 22.9 Å². The van der Waals surface area contributed by atoms with Gasteiger partial charge in [-0.2, -0.15) is 0 Å². The molecule has 2 heterocycles. The molecule has 0 fully saturated rings. The summed E-state index contributed by atoms with van der Waals surface area (Å²) in [6, 6.07) is 1.26. The lowest BCUT2D eigenvalue weighted by atomic mass is 10.3. The largest absolute Gasteiger partial charge is 0.427 e. The van der Waals surface area contributed by atoms with Crippen LogP contribution in [0, 0.1) is 18.2 Å². The summed E-state index contributed by atoms with van der Waals surface area (Å²) in [5, 5.41) is 0.476. The van der Waals surface area contributed by atoms with Crippen LogP contribution >= 0.6 is 22.9 Å². The second kappa shape index (κ2) is 5.86. The Labute approximate surface area is 122 Å². The molecule has 0 aliphatic heterocycles. The molecule has 0 radical (unpaired) electrons. The number of aromatic nitrogens is 2. The van der Waals surface area contributed by atoms with Crippen LogP contribution < -0.4 is 5.73 Å². The third kappa shape index (κ3) is 3.04. The summed E-state index contributed by atoms with van der Waals surface area (Å²) in [5.41, 5.74) is 5.36. The molecule has 0 saturated carbocycles. The zero-order valence-corrected chi connectivity index (χ0v) is 11.4. The lowest BCUT2D eigenvalue weighted by molar-refractivity contribution is 0.135. The summed E-state index contributed by atoms with van der Waals surface area (Å²) in [6.07, 6.45) is 5.70. The Balaban J connectivity index is 2.39. The number of primary amides is 1. The number of nitrogens with two attached hydrogens (primary N) is 1. The number of pyridine rings is 1. The highest BCUT2D eigenvalue weighted by molar-refractivity contribution is 7.15. The number of thiazole rings is 1. The lowest BCUT2D eigenvalue weighted by Crippen LogP contribution is -2.16. The molecule has 0 aliphatic rings. The predicted octanol–water partition coefficient (Wildman–Crippen LogP) is 2.77. The van der Waals surface area contributed by atoms with Gasteiger partial charge in [0.1, 0.15) is 16.0 Å². The van der Waals surface area contributed by atoms with Gasteiger partial charge in [-0.05, 0) is 6.07 Å². The van der Waals surface area contributed by atoms with E-state index in [2.05, 4.69) is 15.9 Å². The summed E-state index contributed by atoms with van der Waals surface area (Å²) in [5.74, 6) is 1.74. The van der Waals surface area contributed by atoms with Crippen molar-refractivity contribution < 1.29 is 13.9 Å². The van der Waals surface area contributed by atoms with E-state index in [-0.39, 0.29) is 5.15 Å². The number of carbonyl (C=O) groups excluding carboxylic acids is 1. The molecule has 0 aliphatic carbocycles. The van der Waals surface area contributed by atoms with E-state index in [1.807, 2.05) is 0 Å². The molecule has 1 unspecified atom stereocenters. The van der Waals surface area contributed by atoms with Gasteiger partial charge in [0.15, 0.2) is 0 Å². The van der Waals surface area contributed by atoms with Crippen molar-refractivity contribution in [2.45, 2.75) is 6.10 Å². The number of halogens is 2. The fourth-order valence-corrected chi connectivity index (χ4v) is 2.68. The zero-order chi connectivity index (χ0) is 14.7. The number of ether oxygens (including phenoxy) is 1. The van der Waals surface area contributed by atoms with Crippen LogP contribution in [0.2, 0.25) is 5.15 Å². The summed E-state index contributed by atoms with van der Waals surface area (Å²) >= 11 is 7.02. The van der Waals surface area contributed by atoms with Gasteiger partial charge in [-0.25, -0.2) is 14.2 Å². The second-order valence-electron chi connectivity index (χ2n) is 3.55. The van der Waals surface area contributed by atoms with Gasteiger partial charge in [-0.15, -0.1) is 17.8 Å². The Morgan fingerprint density at radius 3 is 2.95 bits per heavy atom. The third-order valence-corrected chi connectivity index (χ3v) is 3.73. The fraction of sp³-hybridized carbons (Fsp3) is 0.0833. The van der Waals surface area contributed by atoms with Gasteiger partial charge in [-0.3, -0.25) is 4.98 Å². The number of terminal acetylenes is 1. The first-order chi connectivity index (χ1) is 9.51. The van der Waals surface area contributed by atoms with Gasteiger partial charge >= 0.3 is 6.09 Å². The maximum absolute atomic E-state index is 13.1. The van der Waals surface area contributed by atoms with Crippen molar-refractivity contribution in [2.75, 3.05) is 0 Å². The Hall–Kier alpha value is -2.17. The second-order valence-corrected chi connectivity index (χ2v) is 4.94. The molecule has 2 rings (SSSR count). The quantitative estimate of drug-likeness (QED) is 0.884. The van der Waals surface area contributed by atoms with Gasteiger partial charge < -0.3 is 10.5 Å². The first-order valence-electron chi connectivity index (χ1n) is 5.20. The smallest absolute Gasteiger partial charge is 0.406 e. The summed E-state index contributed by atoms with van der Waals surface area (Å²) in [7, 11) is 0. The highest BCUT2D eigenvalue weighted by Crippen LogP contribution is 2.35. The summed E-state index contributed by atoms with van der Waals surface area (Å²) in [4.78, 5) is 18.9. The molecular formula is C12H7ClFN3O2S. The minimum Gasteiger partial charge on any atom is -0.427 e. The van der Waals surface area contributed by atoms with Crippen LogP contribution in [0.5, 0.6) is 0 Å². The molecule has 2 N–H and O–H groups in total. The van der Waals surface area contributed by atoms with Crippen molar-refractivity contribution in [1.29, 1.82) is 0 Å². The van der Waals surface area contributed by atoms with Crippen LogP contribution in [0.3, 0.4) is 0 Å². The van der Waals surface area contributed by atoms with Crippen molar-refractivity contribution in [1.82, 2.24) is 9.97 Å². The monoisotopic (exact) mass is 311 g/mol. The standard InChI is InChI=1S/C12H7ClFN3O2S/c1-2-8(19-12(15)18)9-10(13)17-11(20-9)6-3-7(14)5-16-4-6/h1,3-5,8H,(H2,15,18). The number of hydrogen-bond acceptors (Lipinski definition) is 5. The lowest BCUT2D eigenvalue weighted by Gasteiger charge is -2.07. The molecule has 0 spiro atoms. The average molecular weight is 312 g/mol. The van der Waals surface area contributed by atoms with E-state index in [9.17, 15) is 9.18 Å². The van der Waals surface area contributed by atoms with Crippen LogP contribution in [-0.4, -0.2) is 16.1 Å². The van der Waals surface area contributed by atoms with Crippen molar-refractivity contribution in [3.05, 3.63) is 34.3 Å². The molecule has 8 heteroatoms. The third-order valence-electron chi connectivity index (χ3n) is 2.18. The average Bonchev–Trinajstić information content (AvgIpc) is 2.78. The molecule has 2 aromatic heterocycles. The Morgan fingerprint density at radius 1 is 1.60 bits per heavy atom. The van der Waals surface area contributed by atoms with Gasteiger partial charge in [0.25, 0.3) is 0 Å². The molecule has 1 atom stereocenters. The van der Waals surface area contributed by atoms with Crippen molar-refractivity contribution in [3.63, 3.8) is 0 Å². The van der Waals surface area contributed by atoms with E-state index in [4.69, 9.17) is 28.5 Å². The van der Waals surface area contributed by atoms with Gasteiger partial charge in [-0.1, -0.05) is 17.5 Å². The summed E-state index contributed by atoms with van der Waals surface area (Å²) in [6.45, 7) is 0. The minimum atomic E-state index is -1.03. The number of carbonyl (C=O) groups is 1. The van der Waals surface area contributed by atoms with E-state index in [0.29, 0.717) is 15.4 Å². The molecule has 2 aromatic rings. The van der Waals surface area contributed by atoms with Crippen LogP contribution in [0.4, 0.5) is 9.18 Å². The normalized spacial score (nSPS) is 11.7. The fourth-order valence-electron chi connectivity index (χ4n) is 1.41. The Bertz CT molecular complexity index is 698. The van der Waals surface area contributed by atoms with E-state index in [0.717, 1.165) is 17.5 Å². The molecule has 20 heavy (non-hydrogen) atoms. The van der Waals surface area contributed by atoms with Gasteiger partial charge in [0.05, 0.1) is 11.1 Å². The van der Waals surface area contributed by atoms with E-state index in [1.165, 1.54) is 12.3 Å². The molecule has 0 bridgehead atoms. The first kappa shape index (κ1) is 14.2. The SMILES string of the molecule is C#CC(OC(N)=O)c1sc(-c2cncc(F)c2)nc1Cl. The molecular weight excluding hydrogens is 305 g/mol. The van der Waals surface area contributed by atoms with Crippen molar-refractivity contribution in [2.24, 2.45) is 5.73 Å². The van der Waals surface area contributed by atoms with E-state index < -0.39 is 18.0 Å². The highest BCUT2D eigenvalue weighted by Gasteiger charge is 2.21. The topological polar surface area (TPSA) is 78.1 Å². The number of nitrogens with zero attached hydrogens (tertiary/aromatic N) is 2. The molecule has 0 saturated heterocycles. The van der Waals surface area contributed by atoms with Crippen LogP contribution in [0.1, 0.15) is 11.0 Å². The first-order valence-corrected chi connectivity index (χ1v) is 6.40. The summed E-state index contributed by atoms with van der Waals surface area (Å²) < 4.78 is 17.9. The highest BCUT2D eigenvalue weighted by atomic mass is 35.5. The van der Waals surface area contributed by atoms with Crippen molar-refractivity contribution >= 4 is 29.0 Å². The Kier molecular flexibility index (Phi) is 4.17. The number of rotatable bonds is 3. The van der Waals surface area contributed by atoms with Crippen LogP contribution in [-0.2, 0) is 4.74 Å². The molecule has 102 valence electrons. The van der Waals surface area contributed by atoms with Crippen LogP contribution in [0.25, 0.3) is 10.6 Å².